The average Bonchev–Trinajstić information content (AvgIpc) is 2.41. The molecular weight excluding hydrogens is 216 g/mol. The number of benzene rings is 1. The minimum atomic E-state index is 0.177. The molecule has 0 N–H and O–H groups in total. The molecule has 1 heterocycles. The Bertz CT molecular complexity index is 339. The van der Waals surface area contributed by atoms with E-state index in [1.54, 1.807) is 0 Å². The monoisotopic (exact) mass is 234 g/mol. The fraction of sp³-hybridized carbons (Fsp3) is 0.429. The molecule has 1 saturated heterocycles. The molecule has 3 nitrogen and oxygen atoms in total. The smallest absolute Gasteiger partial charge is 0.147 e. The van der Waals surface area contributed by atoms with Crippen molar-refractivity contribution < 1.29 is 14.2 Å². The summed E-state index contributed by atoms with van der Waals surface area (Å²) in [7, 11) is 0. The zero-order valence-electron chi connectivity index (χ0n) is 9.93. The summed E-state index contributed by atoms with van der Waals surface area (Å²) in [5, 5.41) is 0. The summed E-state index contributed by atoms with van der Waals surface area (Å²) >= 11 is 0. The molecule has 92 valence electrons. The molecule has 1 aromatic rings. The third kappa shape index (κ3) is 3.97. The lowest BCUT2D eigenvalue weighted by atomic mass is 10.1. The molecule has 1 aromatic carbocycles. The third-order valence-electron chi connectivity index (χ3n) is 2.76. The van der Waals surface area contributed by atoms with E-state index in [0.29, 0.717) is 20.0 Å². The van der Waals surface area contributed by atoms with Gasteiger partial charge in [0.2, 0.25) is 0 Å². The Hall–Kier alpha value is -1.16. The van der Waals surface area contributed by atoms with Crippen molar-refractivity contribution >= 4 is 6.08 Å². The summed E-state index contributed by atoms with van der Waals surface area (Å²) < 4.78 is 16.1. The molecule has 2 rings (SSSR count). The molecule has 1 unspecified atom stereocenters. The van der Waals surface area contributed by atoms with E-state index >= 15 is 0 Å². The summed E-state index contributed by atoms with van der Waals surface area (Å²) in [5.41, 5.74) is 2.30. The first kappa shape index (κ1) is 12.3. The van der Waals surface area contributed by atoms with Crippen molar-refractivity contribution in [3.05, 3.63) is 42.0 Å². The Kier molecular flexibility index (Phi) is 4.74. The number of hydrogen-bond donors (Lipinski definition) is 0. The molecule has 0 aromatic heterocycles. The van der Waals surface area contributed by atoms with E-state index in [9.17, 15) is 0 Å². The van der Waals surface area contributed by atoms with E-state index in [1.165, 1.54) is 5.56 Å². The molecule has 0 amide bonds. The van der Waals surface area contributed by atoms with Crippen molar-refractivity contribution in [3.8, 4) is 0 Å². The SMILES string of the molecule is C=Cc1ccc(COCC2CCOCO2)cc1. The first-order chi connectivity index (χ1) is 8.38. The molecule has 1 aliphatic rings. The number of rotatable bonds is 5. The van der Waals surface area contributed by atoms with Crippen LogP contribution in [-0.4, -0.2) is 26.1 Å². The van der Waals surface area contributed by atoms with E-state index in [4.69, 9.17) is 14.2 Å². The summed E-state index contributed by atoms with van der Waals surface area (Å²) in [4.78, 5) is 0. The molecule has 0 radical (unpaired) electrons. The fourth-order valence-corrected chi connectivity index (χ4v) is 1.69. The van der Waals surface area contributed by atoms with Crippen molar-refractivity contribution in [1.29, 1.82) is 0 Å². The maximum atomic E-state index is 5.63. The van der Waals surface area contributed by atoms with Gasteiger partial charge in [-0.25, -0.2) is 0 Å². The Labute approximate surface area is 102 Å². The van der Waals surface area contributed by atoms with Crippen LogP contribution in [0.25, 0.3) is 6.08 Å². The highest BCUT2D eigenvalue weighted by molar-refractivity contribution is 5.47. The van der Waals surface area contributed by atoms with Crippen LogP contribution in [0, 0.1) is 0 Å². The van der Waals surface area contributed by atoms with E-state index in [2.05, 4.69) is 18.7 Å². The summed E-state index contributed by atoms with van der Waals surface area (Å²) in [6.45, 7) is 6.14. The van der Waals surface area contributed by atoms with Crippen LogP contribution in [0.3, 0.4) is 0 Å². The molecule has 0 saturated carbocycles. The van der Waals surface area contributed by atoms with Gasteiger partial charge in [0.05, 0.1) is 25.9 Å². The molecule has 0 aliphatic carbocycles. The van der Waals surface area contributed by atoms with Crippen molar-refractivity contribution in [3.63, 3.8) is 0 Å². The van der Waals surface area contributed by atoms with Crippen molar-refractivity contribution in [2.24, 2.45) is 0 Å². The van der Waals surface area contributed by atoms with Gasteiger partial charge in [-0.15, -0.1) is 0 Å². The molecule has 1 fully saturated rings. The van der Waals surface area contributed by atoms with Crippen molar-refractivity contribution in [2.75, 3.05) is 20.0 Å². The quantitative estimate of drug-likeness (QED) is 0.783. The Morgan fingerprint density at radius 3 is 2.82 bits per heavy atom. The van der Waals surface area contributed by atoms with Crippen molar-refractivity contribution in [2.45, 2.75) is 19.1 Å². The number of ether oxygens (including phenoxy) is 3. The molecule has 1 aliphatic heterocycles. The molecule has 0 spiro atoms. The topological polar surface area (TPSA) is 27.7 Å². The lowest BCUT2D eigenvalue weighted by Gasteiger charge is -2.22. The Morgan fingerprint density at radius 1 is 1.35 bits per heavy atom. The van der Waals surface area contributed by atoms with Crippen molar-refractivity contribution in [1.82, 2.24) is 0 Å². The molecule has 1 atom stereocenters. The van der Waals surface area contributed by atoms with Gasteiger partial charge in [0.15, 0.2) is 0 Å². The van der Waals surface area contributed by atoms with Gasteiger partial charge in [0.1, 0.15) is 6.79 Å². The lowest BCUT2D eigenvalue weighted by Crippen LogP contribution is -2.27. The summed E-state index contributed by atoms with van der Waals surface area (Å²) in [6.07, 6.45) is 2.92. The molecule has 17 heavy (non-hydrogen) atoms. The molecule has 3 heteroatoms. The minimum Gasteiger partial charge on any atom is -0.374 e. The number of hydrogen-bond acceptors (Lipinski definition) is 3. The third-order valence-corrected chi connectivity index (χ3v) is 2.76. The lowest BCUT2D eigenvalue weighted by molar-refractivity contribution is -0.157. The van der Waals surface area contributed by atoms with E-state index < -0.39 is 0 Å². The molecular formula is C14H18O3. The Morgan fingerprint density at radius 2 is 2.18 bits per heavy atom. The van der Waals surface area contributed by atoms with Crippen LogP contribution < -0.4 is 0 Å². The van der Waals surface area contributed by atoms with Gasteiger partial charge in [-0.3, -0.25) is 0 Å². The Balaban J connectivity index is 1.71. The highest BCUT2D eigenvalue weighted by Gasteiger charge is 2.13. The fourth-order valence-electron chi connectivity index (χ4n) is 1.69. The van der Waals surface area contributed by atoms with Gasteiger partial charge in [0, 0.05) is 0 Å². The maximum Gasteiger partial charge on any atom is 0.147 e. The second-order valence-corrected chi connectivity index (χ2v) is 4.06. The predicted molar refractivity (Wildman–Crippen MR) is 66.5 cm³/mol. The highest BCUT2D eigenvalue weighted by Crippen LogP contribution is 2.09. The van der Waals surface area contributed by atoms with E-state index in [0.717, 1.165) is 18.6 Å². The van der Waals surface area contributed by atoms with Crippen LogP contribution in [0.2, 0.25) is 0 Å². The summed E-state index contributed by atoms with van der Waals surface area (Å²) in [6, 6.07) is 8.19. The second kappa shape index (κ2) is 6.55. The van der Waals surface area contributed by atoms with Gasteiger partial charge in [-0.05, 0) is 17.5 Å². The first-order valence-electron chi connectivity index (χ1n) is 5.87. The van der Waals surface area contributed by atoms with Crippen LogP contribution in [0.15, 0.2) is 30.8 Å². The van der Waals surface area contributed by atoms with Gasteiger partial charge in [-0.2, -0.15) is 0 Å². The second-order valence-electron chi connectivity index (χ2n) is 4.06. The maximum absolute atomic E-state index is 5.63. The van der Waals surface area contributed by atoms with E-state index in [-0.39, 0.29) is 6.10 Å². The minimum absolute atomic E-state index is 0.177. The zero-order chi connectivity index (χ0) is 11.9. The van der Waals surface area contributed by atoms with Crippen LogP contribution in [0.4, 0.5) is 0 Å². The standard InChI is InChI=1S/C14H18O3/c1-2-12-3-5-13(6-4-12)9-16-10-14-7-8-15-11-17-14/h2-6,14H,1,7-11H2. The normalized spacial score (nSPS) is 20.1. The van der Waals surface area contributed by atoms with Crippen LogP contribution in [0.5, 0.6) is 0 Å². The van der Waals surface area contributed by atoms with Gasteiger partial charge in [-0.1, -0.05) is 36.9 Å². The first-order valence-corrected chi connectivity index (χ1v) is 5.87. The van der Waals surface area contributed by atoms with E-state index in [1.807, 2.05) is 18.2 Å². The van der Waals surface area contributed by atoms with Crippen LogP contribution >= 0.6 is 0 Å². The van der Waals surface area contributed by atoms with Gasteiger partial charge in [0.25, 0.3) is 0 Å². The predicted octanol–water partition coefficient (Wildman–Crippen LogP) is 2.61. The zero-order valence-corrected chi connectivity index (χ0v) is 9.93. The average molecular weight is 234 g/mol. The largest absolute Gasteiger partial charge is 0.374 e. The summed E-state index contributed by atoms with van der Waals surface area (Å²) in [5.74, 6) is 0. The van der Waals surface area contributed by atoms with Gasteiger partial charge >= 0.3 is 0 Å². The van der Waals surface area contributed by atoms with Crippen LogP contribution in [-0.2, 0) is 20.8 Å². The molecule has 0 bridgehead atoms. The van der Waals surface area contributed by atoms with Gasteiger partial charge < -0.3 is 14.2 Å². The van der Waals surface area contributed by atoms with Crippen LogP contribution in [0.1, 0.15) is 17.5 Å². The highest BCUT2D eigenvalue weighted by atomic mass is 16.7.